The zero-order valence-corrected chi connectivity index (χ0v) is 10.2. The number of hydrogen-bond acceptors (Lipinski definition) is 2. The van der Waals surface area contributed by atoms with E-state index in [2.05, 4.69) is 5.32 Å². The number of likely N-dealkylation sites (tertiary alicyclic amines) is 1. The van der Waals surface area contributed by atoms with Gasteiger partial charge in [-0.05, 0) is 55.6 Å². The second kappa shape index (κ2) is 4.69. The second-order valence-corrected chi connectivity index (χ2v) is 5.34. The minimum absolute atomic E-state index is 0.0339. The van der Waals surface area contributed by atoms with Crippen LogP contribution in [0.1, 0.15) is 16.8 Å². The van der Waals surface area contributed by atoms with Crippen molar-refractivity contribution in [1.82, 2.24) is 10.2 Å². The molecule has 18 heavy (non-hydrogen) atoms. The monoisotopic (exact) mass is 248 g/mol. The van der Waals surface area contributed by atoms with Crippen LogP contribution in [0.25, 0.3) is 0 Å². The zero-order valence-electron chi connectivity index (χ0n) is 10.2. The Morgan fingerprint density at radius 2 is 1.78 bits per heavy atom. The third kappa shape index (κ3) is 2.25. The fraction of sp³-hybridized carbons (Fsp3) is 0.500. The van der Waals surface area contributed by atoms with Gasteiger partial charge in [0.05, 0.1) is 0 Å². The molecule has 0 aromatic heterocycles. The number of carbonyl (C=O) groups excluding carboxylic acids is 1. The highest BCUT2D eigenvalue weighted by Gasteiger charge is 2.32. The summed E-state index contributed by atoms with van der Waals surface area (Å²) in [5.74, 6) is 0.877. The lowest BCUT2D eigenvalue weighted by Crippen LogP contribution is -2.52. The van der Waals surface area contributed by atoms with Crippen LogP contribution in [0, 0.1) is 17.7 Å². The van der Waals surface area contributed by atoms with Gasteiger partial charge < -0.3 is 10.2 Å². The van der Waals surface area contributed by atoms with Crippen molar-refractivity contribution in [3.63, 3.8) is 0 Å². The van der Waals surface area contributed by atoms with E-state index in [4.69, 9.17) is 0 Å². The van der Waals surface area contributed by atoms with Crippen LogP contribution < -0.4 is 5.32 Å². The standard InChI is InChI=1S/C14H17FN2O/c15-13-3-1-12(2-4-13)14(18)17-8-10-5-11(9-17)7-16-6-10/h1-4,10-11,16H,5-9H2/t10-,11+. The van der Waals surface area contributed by atoms with Crippen LogP contribution in [0.2, 0.25) is 0 Å². The highest BCUT2D eigenvalue weighted by molar-refractivity contribution is 5.94. The average Bonchev–Trinajstić information content (AvgIpc) is 2.38. The maximum atomic E-state index is 12.8. The van der Waals surface area contributed by atoms with E-state index in [1.54, 1.807) is 12.1 Å². The summed E-state index contributed by atoms with van der Waals surface area (Å²) >= 11 is 0. The molecular formula is C14H17FN2O. The molecule has 1 N–H and O–H groups in total. The van der Waals surface area contributed by atoms with E-state index in [1.807, 2.05) is 4.90 Å². The Morgan fingerprint density at radius 3 is 2.39 bits per heavy atom. The van der Waals surface area contributed by atoms with E-state index in [-0.39, 0.29) is 11.7 Å². The highest BCUT2D eigenvalue weighted by atomic mass is 19.1. The Hall–Kier alpha value is -1.42. The molecule has 2 saturated heterocycles. The molecule has 2 bridgehead atoms. The first-order chi connectivity index (χ1) is 8.72. The van der Waals surface area contributed by atoms with Crippen LogP contribution in [0.4, 0.5) is 4.39 Å². The Balaban J connectivity index is 1.74. The lowest BCUT2D eigenvalue weighted by molar-refractivity contribution is 0.0537. The number of halogens is 1. The van der Waals surface area contributed by atoms with Crippen molar-refractivity contribution in [1.29, 1.82) is 0 Å². The van der Waals surface area contributed by atoms with E-state index in [0.29, 0.717) is 17.4 Å². The van der Waals surface area contributed by atoms with Crippen LogP contribution >= 0.6 is 0 Å². The maximum Gasteiger partial charge on any atom is 0.253 e. The highest BCUT2D eigenvalue weighted by Crippen LogP contribution is 2.25. The molecule has 0 unspecified atom stereocenters. The second-order valence-electron chi connectivity index (χ2n) is 5.34. The summed E-state index contributed by atoms with van der Waals surface area (Å²) in [4.78, 5) is 14.2. The molecule has 0 radical (unpaired) electrons. The number of amides is 1. The number of piperidine rings is 2. The smallest absolute Gasteiger partial charge is 0.253 e. The Labute approximate surface area is 106 Å². The molecule has 2 atom stereocenters. The molecule has 0 aliphatic carbocycles. The number of carbonyl (C=O) groups is 1. The number of hydrogen-bond donors (Lipinski definition) is 1. The molecule has 4 heteroatoms. The molecule has 2 aliphatic rings. The van der Waals surface area contributed by atoms with Crippen molar-refractivity contribution < 1.29 is 9.18 Å². The quantitative estimate of drug-likeness (QED) is 0.817. The summed E-state index contributed by atoms with van der Waals surface area (Å²) in [6, 6.07) is 5.83. The summed E-state index contributed by atoms with van der Waals surface area (Å²) in [5.41, 5.74) is 0.587. The first kappa shape index (κ1) is 11.7. The van der Waals surface area contributed by atoms with Gasteiger partial charge in [0.1, 0.15) is 5.82 Å². The van der Waals surface area contributed by atoms with Crippen LogP contribution in [0.15, 0.2) is 24.3 Å². The molecule has 0 spiro atoms. The topological polar surface area (TPSA) is 32.3 Å². The molecule has 3 nitrogen and oxygen atoms in total. The van der Waals surface area contributed by atoms with Gasteiger partial charge in [0.2, 0.25) is 0 Å². The van der Waals surface area contributed by atoms with Crippen LogP contribution in [-0.4, -0.2) is 37.0 Å². The van der Waals surface area contributed by atoms with Crippen molar-refractivity contribution in [3.8, 4) is 0 Å². The minimum atomic E-state index is -0.300. The first-order valence-corrected chi connectivity index (χ1v) is 6.48. The number of nitrogens with one attached hydrogen (secondary N) is 1. The van der Waals surface area contributed by atoms with Crippen LogP contribution in [0.3, 0.4) is 0 Å². The van der Waals surface area contributed by atoms with E-state index in [0.717, 1.165) is 26.2 Å². The SMILES string of the molecule is O=C(c1ccc(F)cc1)N1C[C@@H]2CNC[C@@H](C2)C1. The van der Waals surface area contributed by atoms with Crippen LogP contribution in [0.5, 0.6) is 0 Å². The maximum absolute atomic E-state index is 12.8. The van der Waals surface area contributed by atoms with Crippen molar-refractivity contribution in [3.05, 3.63) is 35.6 Å². The van der Waals surface area contributed by atoms with E-state index in [1.165, 1.54) is 18.6 Å². The molecule has 1 amide bonds. The van der Waals surface area contributed by atoms with Gasteiger partial charge in [-0.2, -0.15) is 0 Å². The molecule has 2 heterocycles. The van der Waals surface area contributed by atoms with Crippen LogP contribution in [-0.2, 0) is 0 Å². The lowest BCUT2D eigenvalue weighted by atomic mass is 9.85. The van der Waals surface area contributed by atoms with Gasteiger partial charge in [-0.1, -0.05) is 0 Å². The molecule has 3 rings (SSSR count). The normalized spacial score (nSPS) is 27.1. The van der Waals surface area contributed by atoms with Gasteiger partial charge >= 0.3 is 0 Å². The Kier molecular flexibility index (Phi) is 3.04. The summed E-state index contributed by atoms with van der Waals surface area (Å²) in [7, 11) is 0. The van der Waals surface area contributed by atoms with E-state index in [9.17, 15) is 9.18 Å². The zero-order chi connectivity index (χ0) is 12.5. The molecule has 1 aromatic carbocycles. The molecule has 1 aromatic rings. The fourth-order valence-corrected chi connectivity index (χ4v) is 3.05. The summed E-state index contributed by atoms with van der Waals surface area (Å²) in [6.07, 6.45) is 1.22. The third-order valence-electron chi connectivity index (χ3n) is 3.87. The van der Waals surface area contributed by atoms with E-state index >= 15 is 0 Å². The Morgan fingerprint density at radius 1 is 1.17 bits per heavy atom. The number of benzene rings is 1. The number of fused-ring (bicyclic) bond motifs is 2. The predicted octanol–water partition coefficient (Wildman–Crippen LogP) is 1.51. The molecule has 0 saturated carbocycles. The summed E-state index contributed by atoms with van der Waals surface area (Å²) in [6.45, 7) is 3.65. The summed E-state index contributed by atoms with van der Waals surface area (Å²) in [5, 5.41) is 3.41. The average molecular weight is 248 g/mol. The van der Waals surface area contributed by atoms with Gasteiger partial charge in [-0.15, -0.1) is 0 Å². The number of rotatable bonds is 1. The molecule has 96 valence electrons. The first-order valence-electron chi connectivity index (χ1n) is 6.48. The van der Waals surface area contributed by atoms with Crippen molar-refractivity contribution in [2.45, 2.75) is 6.42 Å². The van der Waals surface area contributed by atoms with Gasteiger partial charge in [0, 0.05) is 18.7 Å². The van der Waals surface area contributed by atoms with Crippen molar-refractivity contribution in [2.24, 2.45) is 11.8 Å². The fourth-order valence-electron chi connectivity index (χ4n) is 3.05. The predicted molar refractivity (Wildman–Crippen MR) is 66.8 cm³/mol. The van der Waals surface area contributed by atoms with Crippen molar-refractivity contribution in [2.75, 3.05) is 26.2 Å². The Bertz CT molecular complexity index is 434. The lowest BCUT2D eigenvalue weighted by Gasteiger charge is -2.41. The molecular weight excluding hydrogens is 231 g/mol. The van der Waals surface area contributed by atoms with Gasteiger partial charge in [0.15, 0.2) is 0 Å². The summed E-state index contributed by atoms with van der Waals surface area (Å²) < 4.78 is 12.8. The van der Waals surface area contributed by atoms with Gasteiger partial charge in [0.25, 0.3) is 5.91 Å². The van der Waals surface area contributed by atoms with Crippen molar-refractivity contribution >= 4 is 5.91 Å². The molecule has 2 fully saturated rings. The van der Waals surface area contributed by atoms with Gasteiger partial charge in [-0.3, -0.25) is 4.79 Å². The molecule has 2 aliphatic heterocycles. The van der Waals surface area contributed by atoms with E-state index < -0.39 is 0 Å². The van der Waals surface area contributed by atoms with Gasteiger partial charge in [-0.25, -0.2) is 4.39 Å². The third-order valence-corrected chi connectivity index (χ3v) is 3.87. The largest absolute Gasteiger partial charge is 0.338 e. The number of nitrogens with zero attached hydrogens (tertiary/aromatic N) is 1. The minimum Gasteiger partial charge on any atom is -0.338 e.